The molecular formula is C25H30FN3O4S. The van der Waals surface area contributed by atoms with Crippen molar-refractivity contribution in [3.05, 3.63) is 59.4 Å². The molecule has 2 aliphatic rings. The zero-order valence-corrected chi connectivity index (χ0v) is 20.5. The van der Waals surface area contributed by atoms with Crippen molar-refractivity contribution in [1.82, 2.24) is 9.62 Å². The van der Waals surface area contributed by atoms with E-state index in [1.54, 1.807) is 26.0 Å². The standard InChI is InChI=1S/C25H30FN3O4S/c1-17-8-11-21(12-9-17)34(32,33)28-15-23(30)29(22-13-10-19(26)14-18(22)2)25(3,16-28)24(31)27-20-6-4-5-7-20/h8-14,20H,4-7,15-16H2,1-3H3,(H,27,31)/t25-/m1/s1. The van der Waals surface area contributed by atoms with E-state index in [9.17, 15) is 22.4 Å². The Morgan fingerprint density at radius 1 is 1.09 bits per heavy atom. The Hall–Kier alpha value is -2.78. The molecule has 1 aliphatic carbocycles. The third-order valence-electron chi connectivity index (χ3n) is 6.78. The van der Waals surface area contributed by atoms with Gasteiger partial charge in [-0.1, -0.05) is 30.5 Å². The van der Waals surface area contributed by atoms with E-state index in [0.717, 1.165) is 35.6 Å². The quantitative estimate of drug-likeness (QED) is 0.701. The molecule has 0 radical (unpaired) electrons. The molecule has 0 spiro atoms. The van der Waals surface area contributed by atoms with Crippen molar-refractivity contribution in [2.45, 2.75) is 62.9 Å². The van der Waals surface area contributed by atoms with Crippen LogP contribution >= 0.6 is 0 Å². The zero-order valence-electron chi connectivity index (χ0n) is 19.7. The third kappa shape index (κ3) is 4.46. The monoisotopic (exact) mass is 487 g/mol. The maximum absolute atomic E-state index is 13.8. The summed E-state index contributed by atoms with van der Waals surface area (Å²) in [7, 11) is -4.02. The summed E-state index contributed by atoms with van der Waals surface area (Å²) in [4.78, 5) is 28.5. The van der Waals surface area contributed by atoms with E-state index in [-0.39, 0.29) is 17.5 Å². The van der Waals surface area contributed by atoms with Crippen molar-refractivity contribution in [2.75, 3.05) is 18.0 Å². The highest BCUT2D eigenvalue weighted by molar-refractivity contribution is 7.89. The normalized spacial score (nSPS) is 22.2. The zero-order chi connectivity index (χ0) is 24.7. The molecule has 1 saturated carbocycles. The Bertz CT molecular complexity index is 1210. The van der Waals surface area contributed by atoms with Crippen LogP contribution in [0, 0.1) is 19.7 Å². The molecule has 2 fully saturated rings. The summed E-state index contributed by atoms with van der Waals surface area (Å²) in [5.41, 5.74) is 0.275. The first-order chi connectivity index (χ1) is 16.0. The molecule has 182 valence electrons. The summed E-state index contributed by atoms with van der Waals surface area (Å²) in [6, 6.07) is 10.4. The van der Waals surface area contributed by atoms with E-state index in [1.807, 2.05) is 6.92 Å². The number of nitrogens with one attached hydrogen (secondary N) is 1. The van der Waals surface area contributed by atoms with Crippen LogP contribution in [0.5, 0.6) is 0 Å². The number of hydrogen-bond acceptors (Lipinski definition) is 4. The Labute approximate surface area is 200 Å². The van der Waals surface area contributed by atoms with Gasteiger partial charge >= 0.3 is 0 Å². The second-order valence-electron chi connectivity index (χ2n) is 9.47. The number of anilines is 1. The number of benzene rings is 2. The van der Waals surface area contributed by atoms with Crippen molar-refractivity contribution in [3.63, 3.8) is 0 Å². The van der Waals surface area contributed by atoms with Gasteiger partial charge in [0.1, 0.15) is 11.4 Å². The first-order valence-corrected chi connectivity index (χ1v) is 12.9. The van der Waals surface area contributed by atoms with E-state index in [2.05, 4.69) is 5.32 Å². The van der Waals surface area contributed by atoms with Crippen LogP contribution in [0.25, 0.3) is 0 Å². The predicted molar refractivity (Wildman–Crippen MR) is 127 cm³/mol. The van der Waals surface area contributed by atoms with Crippen molar-refractivity contribution in [3.8, 4) is 0 Å². The summed E-state index contributed by atoms with van der Waals surface area (Å²) in [5.74, 6) is -1.41. The lowest BCUT2D eigenvalue weighted by Crippen LogP contribution is -2.70. The number of amides is 2. The summed E-state index contributed by atoms with van der Waals surface area (Å²) in [6.07, 6.45) is 3.71. The van der Waals surface area contributed by atoms with Gasteiger partial charge < -0.3 is 5.32 Å². The molecule has 0 aromatic heterocycles. The van der Waals surface area contributed by atoms with Crippen LogP contribution in [-0.4, -0.2) is 49.2 Å². The topological polar surface area (TPSA) is 86.8 Å². The van der Waals surface area contributed by atoms with Crippen LogP contribution in [0.15, 0.2) is 47.4 Å². The number of aryl methyl sites for hydroxylation is 2. The van der Waals surface area contributed by atoms with Crippen LogP contribution in [0.3, 0.4) is 0 Å². The molecule has 2 aromatic carbocycles. The van der Waals surface area contributed by atoms with Gasteiger partial charge in [-0.3, -0.25) is 14.5 Å². The molecule has 1 saturated heterocycles. The largest absolute Gasteiger partial charge is 0.351 e. The first kappa shape index (κ1) is 24.3. The third-order valence-corrected chi connectivity index (χ3v) is 8.58. The fraction of sp³-hybridized carbons (Fsp3) is 0.440. The molecule has 9 heteroatoms. The first-order valence-electron chi connectivity index (χ1n) is 11.5. The molecule has 1 aliphatic heterocycles. The molecular weight excluding hydrogens is 457 g/mol. The summed E-state index contributed by atoms with van der Waals surface area (Å²) in [6.45, 7) is 4.46. The number of carbonyl (C=O) groups excluding carboxylic acids is 2. The van der Waals surface area contributed by atoms with Crippen molar-refractivity contribution in [1.29, 1.82) is 0 Å². The minimum atomic E-state index is -4.02. The Balaban J connectivity index is 1.75. The number of piperazine rings is 1. The Kier molecular flexibility index (Phi) is 6.52. The van der Waals surface area contributed by atoms with E-state index in [4.69, 9.17) is 0 Å². The van der Waals surface area contributed by atoms with Gasteiger partial charge in [0, 0.05) is 18.3 Å². The maximum atomic E-state index is 13.8. The van der Waals surface area contributed by atoms with Crippen LogP contribution in [0.2, 0.25) is 0 Å². The average Bonchev–Trinajstić information content (AvgIpc) is 3.28. The minimum absolute atomic E-state index is 0.0142. The van der Waals surface area contributed by atoms with E-state index < -0.39 is 39.7 Å². The number of halogens is 1. The number of nitrogens with zero attached hydrogens (tertiary/aromatic N) is 2. The predicted octanol–water partition coefficient (Wildman–Crippen LogP) is 3.30. The second kappa shape index (κ2) is 9.11. The molecule has 0 unspecified atom stereocenters. The fourth-order valence-electron chi connectivity index (χ4n) is 4.85. The lowest BCUT2D eigenvalue weighted by molar-refractivity contribution is -0.133. The minimum Gasteiger partial charge on any atom is -0.351 e. The van der Waals surface area contributed by atoms with Gasteiger partial charge in [0.05, 0.1) is 11.4 Å². The summed E-state index contributed by atoms with van der Waals surface area (Å²) < 4.78 is 41.7. The van der Waals surface area contributed by atoms with Gasteiger partial charge in [-0.05, 0) is 69.5 Å². The number of carbonyl (C=O) groups is 2. The van der Waals surface area contributed by atoms with Gasteiger partial charge in [0.15, 0.2) is 0 Å². The Morgan fingerprint density at radius 2 is 1.74 bits per heavy atom. The van der Waals surface area contributed by atoms with Crippen LogP contribution in [0.1, 0.15) is 43.7 Å². The Morgan fingerprint density at radius 3 is 2.35 bits per heavy atom. The smallest absolute Gasteiger partial charge is 0.247 e. The molecule has 0 bridgehead atoms. The van der Waals surface area contributed by atoms with E-state index >= 15 is 0 Å². The lowest BCUT2D eigenvalue weighted by atomic mass is 9.93. The molecule has 1 atom stereocenters. The SMILES string of the molecule is Cc1ccc(S(=O)(=O)N2CC(=O)N(c3ccc(F)cc3C)[C@@](C)(C(=O)NC3CCCC3)C2)cc1. The second-order valence-corrected chi connectivity index (χ2v) is 11.4. The van der Waals surface area contributed by atoms with Crippen molar-refractivity contribution < 1.29 is 22.4 Å². The highest BCUT2D eigenvalue weighted by Gasteiger charge is 2.51. The van der Waals surface area contributed by atoms with Crippen molar-refractivity contribution in [2.24, 2.45) is 0 Å². The molecule has 2 amide bonds. The maximum Gasteiger partial charge on any atom is 0.247 e. The average molecular weight is 488 g/mol. The van der Waals surface area contributed by atoms with Crippen LogP contribution in [-0.2, 0) is 19.6 Å². The van der Waals surface area contributed by atoms with E-state index in [0.29, 0.717) is 11.3 Å². The molecule has 34 heavy (non-hydrogen) atoms. The van der Waals surface area contributed by atoms with E-state index in [1.165, 1.54) is 35.2 Å². The van der Waals surface area contributed by atoms with Gasteiger partial charge in [0.2, 0.25) is 21.8 Å². The van der Waals surface area contributed by atoms with Gasteiger partial charge in [-0.2, -0.15) is 4.31 Å². The molecule has 4 rings (SSSR count). The summed E-state index contributed by atoms with van der Waals surface area (Å²) >= 11 is 0. The number of rotatable bonds is 5. The molecule has 2 aromatic rings. The summed E-state index contributed by atoms with van der Waals surface area (Å²) in [5, 5.41) is 3.03. The molecule has 1 heterocycles. The van der Waals surface area contributed by atoms with Gasteiger partial charge in [-0.15, -0.1) is 0 Å². The van der Waals surface area contributed by atoms with Crippen LogP contribution < -0.4 is 10.2 Å². The molecule has 7 nitrogen and oxygen atoms in total. The highest BCUT2D eigenvalue weighted by Crippen LogP contribution is 2.35. The number of sulfonamides is 1. The van der Waals surface area contributed by atoms with Crippen LogP contribution in [0.4, 0.5) is 10.1 Å². The van der Waals surface area contributed by atoms with Gasteiger partial charge in [0.25, 0.3) is 0 Å². The molecule has 1 N–H and O–H groups in total. The fourth-order valence-corrected chi connectivity index (χ4v) is 6.33. The highest BCUT2D eigenvalue weighted by atomic mass is 32.2. The number of hydrogen-bond donors (Lipinski definition) is 1. The lowest BCUT2D eigenvalue weighted by Gasteiger charge is -2.47. The van der Waals surface area contributed by atoms with Gasteiger partial charge in [-0.25, -0.2) is 12.8 Å². The van der Waals surface area contributed by atoms with Crippen molar-refractivity contribution >= 4 is 27.5 Å².